The predicted molar refractivity (Wildman–Crippen MR) is 126 cm³/mol. The summed E-state index contributed by atoms with van der Waals surface area (Å²) in [5.74, 6) is -0.0725. The molecule has 0 atom stereocenters. The summed E-state index contributed by atoms with van der Waals surface area (Å²) in [6, 6.07) is 9.17. The smallest absolute Gasteiger partial charge is 0.408 e. The Labute approximate surface area is 188 Å². The average Bonchev–Trinajstić information content (AvgIpc) is 3.07. The highest BCUT2D eigenvalue weighted by Crippen LogP contribution is 2.25. The minimum Gasteiger partial charge on any atom is -0.408 e. The maximum absolute atomic E-state index is 11.8. The lowest BCUT2D eigenvalue weighted by atomic mass is 9.89. The lowest BCUT2D eigenvalue weighted by molar-refractivity contribution is 0.0999. The molecule has 0 aliphatic heterocycles. The fourth-order valence-corrected chi connectivity index (χ4v) is 3.73. The van der Waals surface area contributed by atoms with Crippen molar-refractivity contribution in [3.63, 3.8) is 0 Å². The number of halogens is 1. The molecular weight excluding hydrogens is 414 g/mol. The second kappa shape index (κ2) is 12.3. The Bertz CT molecular complexity index is 1040. The summed E-state index contributed by atoms with van der Waals surface area (Å²) in [6.07, 6.45) is 9.16. The van der Waals surface area contributed by atoms with Gasteiger partial charge in [0, 0.05) is 12.7 Å². The molecule has 4 rings (SSSR count). The second-order valence-corrected chi connectivity index (χ2v) is 8.24. The minimum absolute atomic E-state index is 0.211. The average molecular weight is 446 g/mol. The SMILES string of the molecule is CCC.Cc1ncc(Cl)cc1C(N)=O.O=c1oc2ccccc2n1CC1CCCCC1. The molecule has 0 bridgehead atoms. The normalized spacial score (nSPS) is 13.7. The van der Waals surface area contributed by atoms with E-state index in [-0.39, 0.29) is 5.76 Å². The number of para-hydroxylation sites is 2. The first-order chi connectivity index (χ1) is 14.9. The zero-order valence-corrected chi connectivity index (χ0v) is 19.3. The molecule has 168 valence electrons. The number of nitrogens with zero attached hydrogens (tertiary/aromatic N) is 2. The van der Waals surface area contributed by atoms with E-state index in [1.54, 1.807) is 11.5 Å². The maximum atomic E-state index is 11.8. The van der Waals surface area contributed by atoms with Crippen LogP contribution in [-0.2, 0) is 6.54 Å². The van der Waals surface area contributed by atoms with Crippen LogP contribution in [0, 0.1) is 12.8 Å². The van der Waals surface area contributed by atoms with Crippen LogP contribution in [0.15, 0.2) is 45.7 Å². The highest BCUT2D eigenvalue weighted by Gasteiger charge is 2.17. The van der Waals surface area contributed by atoms with Crippen molar-refractivity contribution in [1.29, 1.82) is 0 Å². The van der Waals surface area contributed by atoms with Gasteiger partial charge in [-0.2, -0.15) is 0 Å². The summed E-state index contributed by atoms with van der Waals surface area (Å²) in [5, 5.41) is 0.421. The molecule has 1 saturated carbocycles. The molecule has 3 aromatic rings. The highest BCUT2D eigenvalue weighted by atomic mass is 35.5. The Balaban J connectivity index is 0.000000211. The largest absolute Gasteiger partial charge is 0.419 e. The van der Waals surface area contributed by atoms with Gasteiger partial charge in [0.25, 0.3) is 5.91 Å². The zero-order chi connectivity index (χ0) is 22.8. The number of primary amides is 1. The van der Waals surface area contributed by atoms with E-state index in [9.17, 15) is 9.59 Å². The third-order valence-electron chi connectivity index (χ3n) is 5.06. The Kier molecular flexibility index (Phi) is 9.79. The van der Waals surface area contributed by atoms with Gasteiger partial charge in [-0.3, -0.25) is 14.3 Å². The molecule has 0 radical (unpaired) electrons. The van der Waals surface area contributed by atoms with Gasteiger partial charge in [0.15, 0.2) is 5.58 Å². The number of hydrogen-bond acceptors (Lipinski definition) is 4. The molecule has 1 aliphatic carbocycles. The van der Waals surface area contributed by atoms with Gasteiger partial charge < -0.3 is 10.2 Å². The summed E-state index contributed by atoms with van der Waals surface area (Å²) < 4.78 is 7.04. The van der Waals surface area contributed by atoms with Crippen LogP contribution in [0.1, 0.15) is 68.4 Å². The molecular formula is C24H32ClN3O3. The Morgan fingerprint density at radius 2 is 1.87 bits per heavy atom. The van der Waals surface area contributed by atoms with E-state index in [2.05, 4.69) is 18.8 Å². The Hall–Kier alpha value is -2.60. The summed E-state index contributed by atoms with van der Waals surface area (Å²) in [5.41, 5.74) is 7.65. The van der Waals surface area contributed by atoms with Gasteiger partial charge in [-0.05, 0) is 43.9 Å². The number of rotatable bonds is 3. The van der Waals surface area contributed by atoms with E-state index in [0.29, 0.717) is 27.8 Å². The number of carbonyl (C=O) groups is 1. The number of hydrogen-bond donors (Lipinski definition) is 1. The number of amides is 1. The number of aromatic nitrogens is 2. The molecule has 31 heavy (non-hydrogen) atoms. The fourth-order valence-electron chi connectivity index (χ4n) is 3.57. The van der Waals surface area contributed by atoms with Crippen molar-refractivity contribution >= 4 is 28.6 Å². The van der Waals surface area contributed by atoms with Gasteiger partial charge in [0.05, 0.1) is 21.8 Å². The van der Waals surface area contributed by atoms with Crippen LogP contribution in [0.25, 0.3) is 11.1 Å². The van der Waals surface area contributed by atoms with E-state index >= 15 is 0 Å². The van der Waals surface area contributed by atoms with Gasteiger partial charge in [0.2, 0.25) is 0 Å². The first-order valence-corrected chi connectivity index (χ1v) is 11.2. The molecule has 0 unspecified atom stereocenters. The third kappa shape index (κ3) is 7.24. The van der Waals surface area contributed by atoms with E-state index in [4.69, 9.17) is 21.8 Å². The fraction of sp³-hybridized carbons (Fsp3) is 0.458. The van der Waals surface area contributed by atoms with Crippen molar-refractivity contribution in [2.24, 2.45) is 11.7 Å². The van der Waals surface area contributed by atoms with Crippen LogP contribution in [0.2, 0.25) is 5.02 Å². The predicted octanol–water partition coefficient (Wildman–Crippen LogP) is 5.73. The second-order valence-electron chi connectivity index (χ2n) is 7.81. The first-order valence-electron chi connectivity index (χ1n) is 10.9. The van der Waals surface area contributed by atoms with Crippen LogP contribution < -0.4 is 11.5 Å². The first kappa shape index (κ1) is 24.7. The summed E-state index contributed by atoms with van der Waals surface area (Å²) >= 11 is 5.59. The number of pyridine rings is 1. The van der Waals surface area contributed by atoms with E-state index in [1.807, 2.05) is 24.3 Å². The van der Waals surface area contributed by atoms with Crippen LogP contribution in [-0.4, -0.2) is 15.5 Å². The van der Waals surface area contributed by atoms with Crippen LogP contribution in [0.5, 0.6) is 0 Å². The summed E-state index contributed by atoms with van der Waals surface area (Å²) in [6.45, 7) is 6.77. The van der Waals surface area contributed by atoms with Crippen molar-refractivity contribution in [2.75, 3.05) is 0 Å². The molecule has 6 nitrogen and oxygen atoms in total. The molecule has 1 amide bonds. The number of fused-ring (bicyclic) bond motifs is 1. The Morgan fingerprint density at radius 3 is 2.48 bits per heavy atom. The van der Waals surface area contributed by atoms with Gasteiger partial charge in [-0.15, -0.1) is 0 Å². The molecule has 1 fully saturated rings. The standard InChI is InChI=1S/C14H17NO2.C7H7ClN2O.C3H8/c16-14-15(10-11-6-2-1-3-7-11)12-8-4-5-9-13(12)17-14;1-4-6(7(9)11)2-5(8)3-10-4;1-3-2/h4-5,8-9,11H,1-3,6-7,10H2;2-3H,1H3,(H2,9,11);3H2,1-2H3. The Morgan fingerprint density at radius 1 is 1.23 bits per heavy atom. The topological polar surface area (TPSA) is 91.1 Å². The van der Waals surface area contributed by atoms with E-state index in [1.165, 1.54) is 50.8 Å². The monoisotopic (exact) mass is 445 g/mol. The zero-order valence-electron chi connectivity index (χ0n) is 18.6. The van der Waals surface area contributed by atoms with Crippen LogP contribution in [0.3, 0.4) is 0 Å². The van der Waals surface area contributed by atoms with Crippen molar-refractivity contribution < 1.29 is 9.21 Å². The van der Waals surface area contributed by atoms with Crippen molar-refractivity contribution in [1.82, 2.24) is 9.55 Å². The molecule has 7 heteroatoms. The van der Waals surface area contributed by atoms with Gasteiger partial charge >= 0.3 is 5.76 Å². The third-order valence-corrected chi connectivity index (χ3v) is 5.26. The summed E-state index contributed by atoms with van der Waals surface area (Å²) in [7, 11) is 0. The number of benzene rings is 1. The van der Waals surface area contributed by atoms with Crippen molar-refractivity contribution in [3.8, 4) is 0 Å². The van der Waals surface area contributed by atoms with Crippen molar-refractivity contribution in [2.45, 2.75) is 65.8 Å². The van der Waals surface area contributed by atoms with Gasteiger partial charge in [0.1, 0.15) is 0 Å². The quantitative estimate of drug-likeness (QED) is 0.556. The van der Waals surface area contributed by atoms with Gasteiger partial charge in [-0.25, -0.2) is 4.79 Å². The van der Waals surface area contributed by atoms with E-state index in [0.717, 1.165) is 12.1 Å². The lowest BCUT2D eigenvalue weighted by Gasteiger charge is -2.21. The summed E-state index contributed by atoms with van der Waals surface area (Å²) in [4.78, 5) is 26.4. The van der Waals surface area contributed by atoms with Gasteiger partial charge in [-0.1, -0.05) is 63.3 Å². The molecule has 2 N–H and O–H groups in total. The number of aryl methyl sites for hydroxylation is 1. The molecule has 2 heterocycles. The van der Waals surface area contributed by atoms with E-state index < -0.39 is 5.91 Å². The van der Waals surface area contributed by atoms with Crippen LogP contribution >= 0.6 is 11.6 Å². The number of carbonyl (C=O) groups excluding carboxylic acids is 1. The minimum atomic E-state index is -0.502. The van der Waals surface area contributed by atoms with Crippen molar-refractivity contribution in [3.05, 3.63) is 63.4 Å². The molecule has 0 spiro atoms. The molecule has 1 aliphatic rings. The highest BCUT2D eigenvalue weighted by molar-refractivity contribution is 6.30. The molecule has 0 saturated heterocycles. The lowest BCUT2D eigenvalue weighted by Crippen LogP contribution is -2.21. The number of nitrogens with two attached hydrogens (primary N) is 1. The molecule has 2 aromatic heterocycles. The maximum Gasteiger partial charge on any atom is 0.419 e. The molecule has 1 aromatic carbocycles. The number of oxazole rings is 1. The van der Waals surface area contributed by atoms with Crippen LogP contribution in [0.4, 0.5) is 0 Å².